The highest BCUT2D eigenvalue weighted by molar-refractivity contribution is 9.12. The zero-order valence-electron chi connectivity index (χ0n) is 3.97. The summed E-state index contributed by atoms with van der Waals surface area (Å²) in [5.41, 5.74) is 0. The molecule has 2 nitrogen and oxygen atoms in total. The van der Waals surface area contributed by atoms with E-state index >= 15 is 0 Å². The number of halogens is 2. The third-order valence-electron chi connectivity index (χ3n) is 0.553. The average molecular weight is 245 g/mol. The summed E-state index contributed by atoms with van der Waals surface area (Å²) in [5.74, 6) is -0.901. The van der Waals surface area contributed by atoms with Crippen LogP contribution in [-0.4, -0.2) is 20.7 Å². The van der Waals surface area contributed by atoms with Crippen LogP contribution in [0.3, 0.4) is 0 Å². The maximum absolute atomic E-state index is 10.0. The van der Waals surface area contributed by atoms with Crippen molar-refractivity contribution < 1.29 is 9.90 Å². The zero-order chi connectivity index (χ0) is 6.73. The van der Waals surface area contributed by atoms with Crippen LogP contribution in [0.15, 0.2) is 0 Å². The zero-order valence-corrected chi connectivity index (χ0v) is 7.15. The lowest BCUT2D eigenvalue weighted by atomic mass is 10.3. The Morgan fingerprint density at radius 2 is 2.00 bits per heavy atom. The lowest BCUT2D eigenvalue weighted by molar-refractivity contribution is -0.136. The van der Waals surface area contributed by atoms with E-state index in [2.05, 4.69) is 38.8 Å². The summed E-state index contributed by atoms with van der Waals surface area (Å²) in [6.07, 6.45) is 0. The van der Waals surface area contributed by atoms with Crippen LogP contribution in [0.25, 0.3) is 0 Å². The fourth-order valence-electron chi connectivity index (χ4n) is 0.155. The van der Waals surface area contributed by atoms with E-state index in [1.165, 1.54) is 0 Å². The fourth-order valence-corrected chi connectivity index (χ4v) is 0.381. The molecule has 0 aromatic carbocycles. The molecule has 1 N–H and O–H groups in total. The third kappa shape index (κ3) is 2.67. The number of hydrogen-bond donors (Lipinski definition) is 1. The number of carboxylic acids is 1. The van der Waals surface area contributed by atoms with Gasteiger partial charge < -0.3 is 5.11 Å². The number of carboxylic acid groups (broad SMARTS) is 1. The van der Waals surface area contributed by atoms with Gasteiger partial charge in [0, 0.05) is 4.83 Å². The smallest absolute Gasteiger partial charge is 0.318 e. The first kappa shape index (κ1) is 8.43. The Balaban J connectivity index is 3.64. The molecule has 2 atom stereocenters. The molecule has 0 amide bonds. The van der Waals surface area contributed by atoms with Gasteiger partial charge in [-0.05, 0) is 6.92 Å². The standard InChI is InChI=1S/C4H5Br2O2/c1-2(5)3(6)4(7)8/h2-3H,1H2,(H,7,8). The van der Waals surface area contributed by atoms with Crippen LogP contribution in [0.1, 0.15) is 0 Å². The highest BCUT2D eigenvalue weighted by atomic mass is 79.9. The number of alkyl halides is 2. The van der Waals surface area contributed by atoms with Crippen LogP contribution in [0.5, 0.6) is 0 Å². The van der Waals surface area contributed by atoms with Crippen molar-refractivity contribution in [3.63, 3.8) is 0 Å². The van der Waals surface area contributed by atoms with Gasteiger partial charge in [0.1, 0.15) is 4.83 Å². The number of aliphatic carboxylic acids is 1. The minimum absolute atomic E-state index is 0.278. The van der Waals surface area contributed by atoms with Gasteiger partial charge in [-0.3, -0.25) is 4.79 Å². The Morgan fingerprint density at radius 1 is 1.62 bits per heavy atom. The van der Waals surface area contributed by atoms with E-state index in [-0.39, 0.29) is 4.83 Å². The molecule has 0 heterocycles. The predicted octanol–water partition coefficient (Wildman–Crippen LogP) is 1.43. The van der Waals surface area contributed by atoms with E-state index in [1.54, 1.807) is 0 Å². The minimum atomic E-state index is -0.901. The lowest BCUT2D eigenvalue weighted by Crippen LogP contribution is -2.20. The number of rotatable bonds is 2. The van der Waals surface area contributed by atoms with Gasteiger partial charge in [0.05, 0.1) is 0 Å². The summed E-state index contributed by atoms with van der Waals surface area (Å²) in [6.45, 7) is 3.45. The average Bonchev–Trinajstić information content (AvgIpc) is 1.64. The second-order valence-electron chi connectivity index (χ2n) is 1.26. The summed E-state index contributed by atoms with van der Waals surface area (Å²) in [5, 5.41) is 8.24. The van der Waals surface area contributed by atoms with Crippen molar-refractivity contribution in [1.29, 1.82) is 0 Å². The van der Waals surface area contributed by atoms with Gasteiger partial charge in [-0.1, -0.05) is 31.9 Å². The predicted molar refractivity (Wildman–Crippen MR) is 38.4 cm³/mol. The molecule has 4 heteroatoms. The quantitative estimate of drug-likeness (QED) is 0.747. The van der Waals surface area contributed by atoms with Gasteiger partial charge >= 0.3 is 5.97 Å². The van der Waals surface area contributed by atoms with Gasteiger partial charge in [0.15, 0.2) is 0 Å². The van der Waals surface area contributed by atoms with Gasteiger partial charge in [-0.25, -0.2) is 0 Å². The molecule has 8 heavy (non-hydrogen) atoms. The van der Waals surface area contributed by atoms with Crippen LogP contribution >= 0.6 is 31.9 Å². The molecule has 0 saturated carbocycles. The summed E-state index contributed by atoms with van der Waals surface area (Å²) in [7, 11) is 0. The first-order valence-corrected chi connectivity index (χ1v) is 3.73. The highest BCUT2D eigenvalue weighted by Gasteiger charge is 2.17. The summed E-state index contributed by atoms with van der Waals surface area (Å²) in [6, 6.07) is 0. The third-order valence-corrected chi connectivity index (χ3v) is 2.82. The van der Waals surface area contributed by atoms with Crippen LogP contribution in [-0.2, 0) is 4.79 Å². The Hall–Kier alpha value is 0.430. The Kier molecular flexibility index (Phi) is 3.64. The molecule has 0 rings (SSSR count). The molecule has 0 aliphatic carbocycles. The molecule has 0 spiro atoms. The molecular formula is C4H5Br2O2. The Morgan fingerprint density at radius 3 is 2.00 bits per heavy atom. The second kappa shape index (κ2) is 3.45. The van der Waals surface area contributed by atoms with E-state index in [0.717, 1.165) is 0 Å². The van der Waals surface area contributed by atoms with Crippen LogP contribution < -0.4 is 0 Å². The molecule has 47 valence electrons. The van der Waals surface area contributed by atoms with Gasteiger partial charge in [0.2, 0.25) is 0 Å². The van der Waals surface area contributed by atoms with Crippen molar-refractivity contribution in [3.8, 4) is 0 Å². The van der Waals surface area contributed by atoms with Crippen LogP contribution in [0.2, 0.25) is 0 Å². The summed E-state index contributed by atoms with van der Waals surface area (Å²) < 4.78 is 0. The maximum Gasteiger partial charge on any atom is 0.318 e. The van der Waals surface area contributed by atoms with E-state index in [4.69, 9.17) is 5.11 Å². The molecule has 0 fully saturated rings. The Labute approximate surface area is 64.5 Å². The largest absolute Gasteiger partial charge is 0.480 e. The van der Waals surface area contributed by atoms with Crippen molar-refractivity contribution in [2.75, 3.05) is 0 Å². The first-order chi connectivity index (χ1) is 3.55. The van der Waals surface area contributed by atoms with Gasteiger partial charge in [-0.15, -0.1) is 0 Å². The monoisotopic (exact) mass is 243 g/mol. The van der Waals surface area contributed by atoms with Crippen molar-refractivity contribution in [2.45, 2.75) is 9.65 Å². The molecule has 0 saturated heterocycles. The van der Waals surface area contributed by atoms with Crippen LogP contribution in [0, 0.1) is 6.92 Å². The summed E-state index contributed by atoms with van der Waals surface area (Å²) >= 11 is 5.90. The molecular weight excluding hydrogens is 240 g/mol. The SMILES string of the molecule is [CH2]C(Br)C(Br)C(=O)O. The van der Waals surface area contributed by atoms with E-state index in [0.29, 0.717) is 0 Å². The molecule has 1 radical (unpaired) electrons. The normalized spacial score (nSPS) is 17.4. The van der Waals surface area contributed by atoms with E-state index in [1.807, 2.05) is 0 Å². The Bertz CT molecular complexity index is 92.0. The number of carbonyl (C=O) groups is 1. The number of hydrogen-bond acceptors (Lipinski definition) is 1. The second-order valence-corrected chi connectivity index (χ2v) is 3.42. The van der Waals surface area contributed by atoms with E-state index < -0.39 is 10.8 Å². The van der Waals surface area contributed by atoms with Gasteiger partial charge in [0.25, 0.3) is 0 Å². The van der Waals surface area contributed by atoms with Crippen molar-refractivity contribution in [3.05, 3.63) is 6.92 Å². The van der Waals surface area contributed by atoms with Crippen LogP contribution in [0.4, 0.5) is 0 Å². The van der Waals surface area contributed by atoms with Crippen molar-refractivity contribution in [1.82, 2.24) is 0 Å². The maximum atomic E-state index is 10.0. The first-order valence-electron chi connectivity index (χ1n) is 1.89. The molecule has 0 aromatic heterocycles. The molecule has 0 aromatic rings. The minimum Gasteiger partial charge on any atom is -0.480 e. The summed E-state index contributed by atoms with van der Waals surface area (Å²) in [4.78, 5) is 9.15. The van der Waals surface area contributed by atoms with Crippen molar-refractivity contribution >= 4 is 37.8 Å². The van der Waals surface area contributed by atoms with Crippen molar-refractivity contribution in [2.24, 2.45) is 0 Å². The fraction of sp³-hybridized carbons (Fsp3) is 0.500. The highest BCUT2D eigenvalue weighted by Crippen LogP contribution is 2.12. The molecule has 2 unspecified atom stereocenters. The molecule has 0 aliphatic rings. The molecule has 0 aliphatic heterocycles. The van der Waals surface area contributed by atoms with Gasteiger partial charge in [-0.2, -0.15) is 0 Å². The molecule has 0 bridgehead atoms. The topological polar surface area (TPSA) is 37.3 Å². The van der Waals surface area contributed by atoms with E-state index in [9.17, 15) is 4.79 Å². The lowest BCUT2D eigenvalue weighted by Gasteiger charge is -2.03.